The molecule has 80 valence electrons. The number of hydrogen-bond acceptors (Lipinski definition) is 2. The van der Waals surface area contributed by atoms with Crippen molar-refractivity contribution in [2.45, 2.75) is 44.9 Å². The summed E-state index contributed by atoms with van der Waals surface area (Å²) in [5.74, 6) is 0.955. The zero-order valence-electron chi connectivity index (χ0n) is 9.34. The van der Waals surface area contributed by atoms with E-state index in [1.165, 1.54) is 38.6 Å². The van der Waals surface area contributed by atoms with Crippen molar-refractivity contribution in [3.8, 4) is 6.07 Å². The van der Waals surface area contributed by atoms with Gasteiger partial charge >= 0.3 is 0 Å². The van der Waals surface area contributed by atoms with E-state index in [1.807, 2.05) is 0 Å². The lowest BCUT2D eigenvalue weighted by atomic mass is 10.1. The monoisotopic (exact) mass is 194 g/mol. The molecule has 0 heterocycles. The van der Waals surface area contributed by atoms with Gasteiger partial charge in [0.05, 0.1) is 6.07 Å². The molecule has 14 heavy (non-hydrogen) atoms. The quantitative estimate of drug-likeness (QED) is 0.608. The smallest absolute Gasteiger partial charge is 0.0621 e. The SMILES string of the molecule is CN(CCCCC#N)CC1CCCC1. The molecular formula is C12H22N2. The highest BCUT2D eigenvalue weighted by Gasteiger charge is 2.16. The number of rotatable bonds is 6. The van der Waals surface area contributed by atoms with Gasteiger partial charge in [-0.25, -0.2) is 0 Å². The Kier molecular flexibility index (Phi) is 5.63. The maximum Gasteiger partial charge on any atom is 0.0621 e. The number of nitriles is 1. The fraction of sp³-hybridized carbons (Fsp3) is 0.917. The highest BCUT2D eigenvalue weighted by Crippen LogP contribution is 2.25. The first kappa shape index (κ1) is 11.5. The van der Waals surface area contributed by atoms with Gasteiger partial charge in [0.1, 0.15) is 0 Å². The molecule has 1 aliphatic carbocycles. The molecule has 0 aromatic heterocycles. The molecule has 2 nitrogen and oxygen atoms in total. The molecule has 0 bridgehead atoms. The summed E-state index contributed by atoms with van der Waals surface area (Å²) in [4.78, 5) is 2.44. The molecule has 0 aliphatic heterocycles. The van der Waals surface area contributed by atoms with Crippen molar-refractivity contribution in [1.82, 2.24) is 4.90 Å². The lowest BCUT2D eigenvalue weighted by Crippen LogP contribution is -2.25. The molecule has 0 aromatic rings. The first-order chi connectivity index (χ1) is 6.83. The molecule has 0 saturated heterocycles. The second-order valence-electron chi connectivity index (χ2n) is 4.53. The average Bonchev–Trinajstić information content (AvgIpc) is 2.65. The summed E-state index contributed by atoms with van der Waals surface area (Å²) < 4.78 is 0. The zero-order valence-corrected chi connectivity index (χ0v) is 9.34. The Morgan fingerprint density at radius 3 is 2.64 bits per heavy atom. The molecule has 0 amide bonds. The molecule has 0 atom stereocenters. The topological polar surface area (TPSA) is 27.0 Å². The summed E-state index contributed by atoms with van der Waals surface area (Å²) >= 11 is 0. The molecule has 0 N–H and O–H groups in total. The van der Waals surface area contributed by atoms with Crippen LogP contribution < -0.4 is 0 Å². The Balaban J connectivity index is 1.98. The normalized spacial score (nSPS) is 17.5. The van der Waals surface area contributed by atoms with Crippen LogP contribution >= 0.6 is 0 Å². The second-order valence-corrected chi connectivity index (χ2v) is 4.53. The van der Waals surface area contributed by atoms with E-state index < -0.39 is 0 Å². The summed E-state index contributed by atoms with van der Waals surface area (Å²) in [6.07, 6.45) is 8.70. The van der Waals surface area contributed by atoms with Gasteiger partial charge in [-0.15, -0.1) is 0 Å². The van der Waals surface area contributed by atoms with Gasteiger partial charge in [-0.1, -0.05) is 12.8 Å². The van der Waals surface area contributed by atoms with Crippen molar-refractivity contribution in [1.29, 1.82) is 5.26 Å². The van der Waals surface area contributed by atoms with Crippen LogP contribution in [-0.2, 0) is 0 Å². The molecule has 2 heteroatoms. The number of nitrogens with zero attached hydrogens (tertiary/aromatic N) is 2. The van der Waals surface area contributed by atoms with E-state index in [9.17, 15) is 0 Å². The van der Waals surface area contributed by atoms with Crippen LogP contribution in [0.4, 0.5) is 0 Å². The van der Waals surface area contributed by atoms with Gasteiger partial charge in [-0.05, 0) is 45.2 Å². The van der Waals surface area contributed by atoms with Crippen LogP contribution in [0.1, 0.15) is 44.9 Å². The third-order valence-electron chi connectivity index (χ3n) is 3.12. The minimum absolute atomic E-state index is 0.720. The summed E-state index contributed by atoms with van der Waals surface area (Å²) in [7, 11) is 2.21. The largest absolute Gasteiger partial charge is 0.306 e. The molecule has 1 saturated carbocycles. The van der Waals surface area contributed by atoms with E-state index in [0.29, 0.717) is 0 Å². The standard InChI is InChI=1S/C12H22N2/c1-14(10-6-2-5-9-13)11-12-7-3-4-8-12/h12H,2-8,10-11H2,1H3. The van der Waals surface area contributed by atoms with Gasteiger partial charge in [0, 0.05) is 13.0 Å². The Labute approximate surface area is 87.9 Å². The van der Waals surface area contributed by atoms with Crippen molar-refractivity contribution in [2.24, 2.45) is 5.92 Å². The fourth-order valence-electron chi connectivity index (χ4n) is 2.31. The fourth-order valence-corrected chi connectivity index (χ4v) is 2.31. The molecule has 0 aromatic carbocycles. The van der Waals surface area contributed by atoms with Gasteiger partial charge in [0.15, 0.2) is 0 Å². The summed E-state index contributed by atoms with van der Waals surface area (Å²) in [5.41, 5.74) is 0. The molecule has 1 fully saturated rings. The van der Waals surface area contributed by atoms with Gasteiger partial charge in [0.25, 0.3) is 0 Å². The average molecular weight is 194 g/mol. The van der Waals surface area contributed by atoms with E-state index in [1.54, 1.807) is 0 Å². The zero-order chi connectivity index (χ0) is 10.2. The molecular weight excluding hydrogens is 172 g/mol. The van der Waals surface area contributed by atoms with Gasteiger partial charge in [-0.2, -0.15) is 5.26 Å². The minimum atomic E-state index is 0.720. The molecule has 0 radical (unpaired) electrons. The Hall–Kier alpha value is -0.550. The highest BCUT2D eigenvalue weighted by atomic mass is 15.1. The van der Waals surface area contributed by atoms with Crippen LogP contribution in [-0.4, -0.2) is 25.0 Å². The predicted molar refractivity (Wildman–Crippen MR) is 58.9 cm³/mol. The molecule has 0 spiro atoms. The van der Waals surface area contributed by atoms with Crippen LogP contribution in [0.5, 0.6) is 0 Å². The molecule has 1 rings (SSSR count). The van der Waals surface area contributed by atoms with E-state index in [2.05, 4.69) is 18.0 Å². The molecule has 0 unspecified atom stereocenters. The Bertz CT molecular complexity index is 177. The van der Waals surface area contributed by atoms with E-state index in [4.69, 9.17) is 5.26 Å². The summed E-state index contributed by atoms with van der Waals surface area (Å²) in [5, 5.41) is 8.40. The lowest BCUT2D eigenvalue weighted by Gasteiger charge is -2.20. The number of unbranched alkanes of at least 4 members (excludes halogenated alkanes) is 2. The maximum atomic E-state index is 8.40. The van der Waals surface area contributed by atoms with Crippen molar-refractivity contribution in [3.05, 3.63) is 0 Å². The van der Waals surface area contributed by atoms with Crippen LogP contribution in [0.2, 0.25) is 0 Å². The summed E-state index contributed by atoms with van der Waals surface area (Å²) in [6.45, 7) is 2.44. The Morgan fingerprint density at radius 1 is 1.29 bits per heavy atom. The third-order valence-corrected chi connectivity index (χ3v) is 3.12. The van der Waals surface area contributed by atoms with Crippen molar-refractivity contribution in [2.75, 3.05) is 20.1 Å². The highest BCUT2D eigenvalue weighted by molar-refractivity contribution is 4.71. The number of hydrogen-bond donors (Lipinski definition) is 0. The van der Waals surface area contributed by atoms with E-state index in [0.717, 1.165) is 25.3 Å². The van der Waals surface area contributed by atoms with Crippen LogP contribution in [0.25, 0.3) is 0 Å². The first-order valence-electron chi connectivity index (χ1n) is 5.88. The van der Waals surface area contributed by atoms with Crippen molar-refractivity contribution in [3.63, 3.8) is 0 Å². The Morgan fingerprint density at radius 2 is 2.00 bits per heavy atom. The third kappa shape index (κ3) is 4.62. The van der Waals surface area contributed by atoms with Crippen LogP contribution in [0.3, 0.4) is 0 Å². The van der Waals surface area contributed by atoms with Gasteiger partial charge < -0.3 is 4.90 Å². The first-order valence-corrected chi connectivity index (χ1v) is 5.88. The maximum absolute atomic E-state index is 8.40. The predicted octanol–water partition coefficient (Wildman–Crippen LogP) is 2.80. The van der Waals surface area contributed by atoms with Gasteiger partial charge in [-0.3, -0.25) is 0 Å². The van der Waals surface area contributed by atoms with E-state index in [-0.39, 0.29) is 0 Å². The van der Waals surface area contributed by atoms with Gasteiger partial charge in [0.2, 0.25) is 0 Å². The van der Waals surface area contributed by atoms with E-state index >= 15 is 0 Å². The van der Waals surface area contributed by atoms with Crippen LogP contribution in [0.15, 0.2) is 0 Å². The summed E-state index contributed by atoms with van der Waals surface area (Å²) in [6, 6.07) is 2.20. The second kappa shape index (κ2) is 6.84. The van der Waals surface area contributed by atoms with Crippen molar-refractivity contribution < 1.29 is 0 Å². The molecule has 1 aliphatic rings. The lowest BCUT2D eigenvalue weighted by molar-refractivity contribution is 0.273. The van der Waals surface area contributed by atoms with Crippen LogP contribution in [0, 0.1) is 17.2 Å². The van der Waals surface area contributed by atoms with Crippen molar-refractivity contribution >= 4 is 0 Å². The minimum Gasteiger partial charge on any atom is -0.306 e.